The first-order valence-electron chi connectivity index (χ1n) is 9.14. The zero-order chi connectivity index (χ0) is 18.9. The van der Waals surface area contributed by atoms with Crippen LogP contribution in [0.15, 0.2) is 30.3 Å². The molecule has 26 heavy (non-hydrogen) atoms. The van der Waals surface area contributed by atoms with Crippen molar-refractivity contribution in [1.82, 2.24) is 15.1 Å². The van der Waals surface area contributed by atoms with E-state index in [-0.39, 0.29) is 30.3 Å². The van der Waals surface area contributed by atoms with Crippen LogP contribution in [-0.4, -0.2) is 60.9 Å². The van der Waals surface area contributed by atoms with Crippen LogP contribution in [0, 0.1) is 5.92 Å². The Morgan fingerprint density at radius 1 is 1.15 bits per heavy atom. The smallest absolute Gasteiger partial charge is 0.321 e. The lowest BCUT2D eigenvalue weighted by Crippen LogP contribution is -2.46. The minimum atomic E-state index is -0.144. The van der Waals surface area contributed by atoms with Crippen molar-refractivity contribution >= 4 is 23.5 Å². The van der Waals surface area contributed by atoms with Crippen LogP contribution in [0.1, 0.15) is 26.2 Å². The summed E-state index contributed by atoms with van der Waals surface area (Å²) in [5.74, 6) is -0.304. The van der Waals surface area contributed by atoms with Gasteiger partial charge in [-0.15, -0.1) is 0 Å². The Kier molecular flexibility index (Phi) is 7.44. The van der Waals surface area contributed by atoms with E-state index in [0.29, 0.717) is 32.5 Å². The largest absolute Gasteiger partial charge is 0.355 e. The number of urea groups is 1. The number of hydrogen-bond donors (Lipinski definition) is 2. The number of piperidine rings is 1. The van der Waals surface area contributed by atoms with Gasteiger partial charge in [0.1, 0.15) is 0 Å². The summed E-state index contributed by atoms with van der Waals surface area (Å²) in [5.41, 5.74) is 0.758. The molecule has 2 rings (SSSR count). The molecule has 1 aliphatic heterocycles. The number of benzene rings is 1. The molecule has 2 N–H and O–H groups in total. The summed E-state index contributed by atoms with van der Waals surface area (Å²) in [5, 5.41) is 5.64. The molecule has 1 fully saturated rings. The van der Waals surface area contributed by atoms with Gasteiger partial charge < -0.3 is 20.4 Å². The molecule has 0 aliphatic carbocycles. The van der Waals surface area contributed by atoms with Crippen LogP contribution in [0.4, 0.5) is 10.5 Å². The number of nitrogens with zero attached hydrogens (tertiary/aromatic N) is 2. The first kappa shape index (κ1) is 19.8. The van der Waals surface area contributed by atoms with Crippen molar-refractivity contribution in [2.24, 2.45) is 5.92 Å². The third-order valence-electron chi connectivity index (χ3n) is 4.49. The van der Waals surface area contributed by atoms with Gasteiger partial charge in [-0.3, -0.25) is 9.59 Å². The Balaban J connectivity index is 1.77. The van der Waals surface area contributed by atoms with Crippen LogP contribution in [0.3, 0.4) is 0 Å². The van der Waals surface area contributed by atoms with Crippen LogP contribution in [0.5, 0.6) is 0 Å². The van der Waals surface area contributed by atoms with Crippen LogP contribution >= 0.6 is 0 Å². The summed E-state index contributed by atoms with van der Waals surface area (Å²) in [6.07, 6.45) is 2.09. The molecule has 0 unspecified atom stereocenters. The van der Waals surface area contributed by atoms with Gasteiger partial charge in [-0.1, -0.05) is 25.1 Å². The van der Waals surface area contributed by atoms with Gasteiger partial charge >= 0.3 is 6.03 Å². The Morgan fingerprint density at radius 3 is 2.42 bits per heavy atom. The van der Waals surface area contributed by atoms with E-state index in [0.717, 1.165) is 12.1 Å². The molecule has 1 aromatic rings. The lowest BCUT2D eigenvalue weighted by Gasteiger charge is -2.33. The second kappa shape index (κ2) is 9.79. The number of hydrogen-bond acceptors (Lipinski definition) is 3. The maximum Gasteiger partial charge on any atom is 0.321 e. The Morgan fingerprint density at radius 2 is 1.81 bits per heavy atom. The molecular weight excluding hydrogens is 332 g/mol. The fourth-order valence-corrected chi connectivity index (χ4v) is 2.98. The number of para-hydroxylation sites is 1. The highest BCUT2D eigenvalue weighted by Gasteiger charge is 2.29. The predicted octanol–water partition coefficient (Wildman–Crippen LogP) is 1.92. The number of nitrogens with one attached hydrogen (secondary N) is 2. The fourth-order valence-electron chi connectivity index (χ4n) is 2.98. The highest BCUT2D eigenvalue weighted by atomic mass is 16.2. The first-order valence-corrected chi connectivity index (χ1v) is 9.14. The number of anilines is 1. The van der Waals surface area contributed by atoms with Gasteiger partial charge in [0, 0.05) is 38.3 Å². The van der Waals surface area contributed by atoms with E-state index in [2.05, 4.69) is 10.6 Å². The molecule has 0 saturated carbocycles. The standard InChI is InChI=1S/C19H28N4O3/c1-3-11-20-17(24)14-22(2)18(25)15-9-12-23(13-10-15)19(26)21-16-7-5-4-6-8-16/h4-8,15H,3,9-14H2,1-2H3,(H,20,24)(H,21,26). The predicted molar refractivity (Wildman–Crippen MR) is 101 cm³/mol. The van der Waals surface area contributed by atoms with E-state index in [1.807, 2.05) is 37.3 Å². The van der Waals surface area contributed by atoms with Gasteiger partial charge in [0.25, 0.3) is 0 Å². The molecule has 1 heterocycles. The summed E-state index contributed by atoms with van der Waals surface area (Å²) in [6, 6.07) is 9.17. The van der Waals surface area contributed by atoms with Crippen molar-refractivity contribution in [1.29, 1.82) is 0 Å². The maximum absolute atomic E-state index is 12.5. The average molecular weight is 360 g/mol. The molecule has 7 heteroatoms. The Hall–Kier alpha value is -2.57. The SMILES string of the molecule is CCCNC(=O)CN(C)C(=O)C1CCN(C(=O)Nc2ccccc2)CC1. The molecule has 0 spiro atoms. The van der Waals surface area contributed by atoms with Crippen molar-refractivity contribution < 1.29 is 14.4 Å². The molecule has 0 atom stereocenters. The molecule has 7 nitrogen and oxygen atoms in total. The highest BCUT2D eigenvalue weighted by Crippen LogP contribution is 2.20. The second-order valence-corrected chi connectivity index (χ2v) is 6.60. The molecule has 4 amide bonds. The van der Waals surface area contributed by atoms with Gasteiger partial charge in [0.05, 0.1) is 6.54 Å². The Bertz CT molecular complexity index is 612. The molecule has 1 aliphatic rings. The maximum atomic E-state index is 12.5. The van der Waals surface area contributed by atoms with Crippen molar-refractivity contribution in [2.45, 2.75) is 26.2 Å². The van der Waals surface area contributed by atoms with E-state index in [9.17, 15) is 14.4 Å². The van der Waals surface area contributed by atoms with Crippen LogP contribution in [-0.2, 0) is 9.59 Å². The summed E-state index contributed by atoms with van der Waals surface area (Å²) < 4.78 is 0. The van der Waals surface area contributed by atoms with Gasteiger partial charge in [-0.2, -0.15) is 0 Å². The molecule has 1 aromatic carbocycles. The summed E-state index contributed by atoms with van der Waals surface area (Å²) in [4.78, 5) is 39.7. The second-order valence-electron chi connectivity index (χ2n) is 6.60. The van der Waals surface area contributed by atoms with E-state index in [4.69, 9.17) is 0 Å². The normalized spacial score (nSPS) is 14.6. The lowest BCUT2D eigenvalue weighted by molar-refractivity contribution is -0.139. The van der Waals surface area contributed by atoms with Crippen molar-refractivity contribution in [3.63, 3.8) is 0 Å². The summed E-state index contributed by atoms with van der Waals surface area (Å²) >= 11 is 0. The fraction of sp³-hybridized carbons (Fsp3) is 0.526. The van der Waals surface area contributed by atoms with Gasteiger partial charge in [-0.05, 0) is 31.4 Å². The van der Waals surface area contributed by atoms with Gasteiger partial charge in [0.2, 0.25) is 11.8 Å². The van der Waals surface area contributed by atoms with Crippen molar-refractivity contribution in [3.05, 3.63) is 30.3 Å². The first-order chi connectivity index (χ1) is 12.5. The number of carbonyl (C=O) groups excluding carboxylic acids is 3. The van der Waals surface area contributed by atoms with Crippen LogP contribution in [0.2, 0.25) is 0 Å². The van der Waals surface area contributed by atoms with E-state index in [1.54, 1.807) is 11.9 Å². The third-order valence-corrected chi connectivity index (χ3v) is 4.49. The van der Waals surface area contributed by atoms with Crippen molar-refractivity contribution in [3.8, 4) is 0 Å². The quantitative estimate of drug-likeness (QED) is 0.813. The molecule has 142 valence electrons. The number of amides is 4. The molecular formula is C19H28N4O3. The topological polar surface area (TPSA) is 81.8 Å². The number of rotatable bonds is 6. The van der Waals surface area contributed by atoms with E-state index in [1.165, 1.54) is 4.90 Å². The lowest BCUT2D eigenvalue weighted by atomic mass is 9.95. The van der Waals surface area contributed by atoms with Gasteiger partial charge in [-0.25, -0.2) is 4.79 Å². The molecule has 0 bridgehead atoms. The minimum Gasteiger partial charge on any atom is -0.355 e. The third kappa shape index (κ3) is 5.75. The van der Waals surface area contributed by atoms with Gasteiger partial charge in [0.15, 0.2) is 0 Å². The summed E-state index contributed by atoms with van der Waals surface area (Å²) in [7, 11) is 1.66. The molecule has 0 aromatic heterocycles. The average Bonchev–Trinajstić information content (AvgIpc) is 2.66. The highest BCUT2D eigenvalue weighted by molar-refractivity contribution is 5.90. The zero-order valence-electron chi connectivity index (χ0n) is 15.5. The molecule has 0 radical (unpaired) electrons. The molecule has 1 saturated heterocycles. The monoisotopic (exact) mass is 360 g/mol. The zero-order valence-corrected chi connectivity index (χ0v) is 15.5. The van der Waals surface area contributed by atoms with E-state index < -0.39 is 0 Å². The number of carbonyl (C=O) groups is 3. The van der Waals surface area contributed by atoms with Crippen LogP contribution in [0.25, 0.3) is 0 Å². The minimum absolute atomic E-state index is 0.0280. The number of likely N-dealkylation sites (N-methyl/N-ethyl adjacent to an activating group) is 1. The summed E-state index contributed by atoms with van der Waals surface area (Å²) in [6.45, 7) is 3.75. The van der Waals surface area contributed by atoms with Crippen LogP contribution < -0.4 is 10.6 Å². The number of likely N-dealkylation sites (tertiary alicyclic amines) is 1. The van der Waals surface area contributed by atoms with Crippen molar-refractivity contribution in [2.75, 3.05) is 38.5 Å². The van der Waals surface area contributed by atoms with E-state index >= 15 is 0 Å². The Labute approximate surface area is 154 Å².